The second-order valence-corrected chi connectivity index (χ2v) is 18.6. The molecule has 0 aromatic carbocycles. The third kappa shape index (κ3) is 43.9. The van der Waals surface area contributed by atoms with E-state index in [0.29, 0.717) is 17.4 Å². The molecule has 336 valence electrons. The molecule has 0 fully saturated rings. The molecular formula is C47H91NO8P+. The molecule has 0 saturated carbocycles. The molecule has 1 unspecified atom stereocenters. The Kier molecular flexibility index (Phi) is 38.9. The number of phosphoric acid groups is 1. The average Bonchev–Trinajstić information content (AvgIpc) is 3.16. The van der Waals surface area contributed by atoms with Gasteiger partial charge in [0.15, 0.2) is 6.10 Å². The van der Waals surface area contributed by atoms with Crippen molar-refractivity contribution < 1.29 is 42.1 Å². The Morgan fingerprint density at radius 2 is 0.895 bits per heavy atom. The van der Waals surface area contributed by atoms with Crippen molar-refractivity contribution in [2.75, 3.05) is 47.5 Å². The lowest BCUT2D eigenvalue weighted by Crippen LogP contribution is -2.37. The summed E-state index contributed by atoms with van der Waals surface area (Å²) in [5.41, 5.74) is 0. The number of carbonyl (C=O) groups is 2. The molecule has 2 atom stereocenters. The van der Waals surface area contributed by atoms with E-state index in [1.54, 1.807) is 0 Å². The Bertz CT molecular complexity index is 1030. The van der Waals surface area contributed by atoms with Gasteiger partial charge in [-0.25, -0.2) is 4.57 Å². The lowest BCUT2D eigenvalue weighted by molar-refractivity contribution is -0.870. The van der Waals surface area contributed by atoms with Gasteiger partial charge in [0, 0.05) is 12.8 Å². The predicted octanol–water partition coefficient (Wildman–Crippen LogP) is 13.5. The van der Waals surface area contributed by atoms with E-state index in [0.717, 1.165) is 64.2 Å². The van der Waals surface area contributed by atoms with Crippen molar-refractivity contribution in [3.63, 3.8) is 0 Å². The highest BCUT2D eigenvalue weighted by molar-refractivity contribution is 7.47. The topological polar surface area (TPSA) is 108 Å². The fraction of sp³-hybridized carbons (Fsp3) is 0.872. The third-order valence-electron chi connectivity index (χ3n) is 10.2. The summed E-state index contributed by atoms with van der Waals surface area (Å²) >= 11 is 0. The van der Waals surface area contributed by atoms with E-state index < -0.39 is 26.5 Å². The zero-order chi connectivity index (χ0) is 42.1. The SMILES string of the molecule is CCCCCCC/C=C\CCCCCCCC(=O)OC[C@H](COP(=O)(O)OCC[N+](C)(C)C)OC(=O)CCCCCCCCC/C=C\CCCCCCCCCC. The fourth-order valence-electron chi connectivity index (χ4n) is 6.47. The average molecular weight is 829 g/mol. The van der Waals surface area contributed by atoms with Gasteiger partial charge in [0.25, 0.3) is 0 Å². The van der Waals surface area contributed by atoms with Gasteiger partial charge in [-0.1, -0.05) is 160 Å². The van der Waals surface area contributed by atoms with E-state index in [1.807, 2.05) is 21.1 Å². The zero-order valence-electron chi connectivity index (χ0n) is 37.8. The van der Waals surface area contributed by atoms with E-state index in [2.05, 4.69) is 38.2 Å². The Morgan fingerprint density at radius 1 is 0.526 bits per heavy atom. The van der Waals surface area contributed by atoms with Crippen molar-refractivity contribution in [2.24, 2.45) is 0 Å². The maximum absolute atomic E-state index is 12.7. The van der Waals surface area contributed by atoms with Crippen LogP contribution in [0.1, 0.15) is 213 Å². The van der Waals surface area contributed by atoms with Crippen LogP contribution in [0.25, 0.3) is 0 Å². The van der Waals surface area contributed by atoms with Crippen LogP contribution >= 0.6 is 7.82 Å². The first-order chi connectivity index (χ1) is 27.5. The van der Waals surface area contributed by atoms with E-state index in [4.69, 9.17) is 18.5 Å². The minimum absolute atomic E-state index is 0.0308. The van der Waals surface area contributed by atoms with Crippen LogP contribution in [0.5, 0.6) is 0 Å². The second-order valence-electron chi connectivity index (χ2n) is 17.1. The summed E-state index contributed by atoms with van der Waals surface area (Å²) in [5, 5.41) is 0. The highest BCUT2D eigenvalue weighted by Crippen LogP contribution is 2.43. The smallest absolute Gasteiger partial charge is 0.462 e. The predicted molar refractivity (Wildman–Crippen MR) is 238 cm³/mol. The minimum Gasteiger partial charge on any atom is -0.462 e. The zero-order valence-corrected chi connectivity index (χ0v) is 38.7. The summed E-state index contributed by atoms with van der Waals surface area (Å²) < 4.78 is 34.3. The molecule has 0 spiro atoms. The number of unbranched alkanes of at least 4 members (excludes halogenated alkanes) is 25. The summed E-state index contributed by atoms with van der Waals surface area (Å²) in [6, 6.07) is 0. The van der Waals surface area contributed by atoms with Gasteiger partial charge in [-0.2, -0.15) is 0 Å². The van der Waals surface area contributed by atoms with Crippen molar-refractivity contribution in [3.8, 4) is 0 Å². The summed E-state index contributed by atoms with van der Waals surface area (Å²) in [7, 11) is 1.47. The molecule has 10 heteroatoms. The van der Waals surface area contributed by atoms with Gasteiger partial charge in [0.05, 0.1) is 27.7 Å². The molecule has 0 rings (SSSR count). The first-order valence-electron chi connectivity index (χ1n) is 23.6. The maximum Gasteiger partial charge on any atom is 0.472 e. The molecule has 9 nitrogen and oxygen atoms in total. The Morgan fingerprint density at radius 3 is 1.30 bits per heavy atom. The van der Waals surface area contributed by atoms with Gasteiger partial charge in [0.2, 0.25) is 0 Å². The van der Waals surface area contributed by atoms with E-state index in [-0.39, 0.29) is 32.0 Å². The first-order valence-corrected chi connectivity index (χ1v) is 25.1. The summed E-state index contributed by atoms with van der Waals surface area (Å²) in [4.78, 5) is 35.4. The van der Waals surface area contributed by atoms with Crippen molar-refractivity contribution in [3.05, 3.63) is 24.3 Å². The molecule has 0 bridgehead atoms. The number of ether oxygens (including phenoxy) is 2. The van der Waals surface area contributed by atoms with Crippen LogP contribution in [0.15, 0.2) is 24.3 Å². The van der Waals surface area contributed by atoms with E-state index in [1.165, 1.54) is 116 Å². The Labute approximate surface area is 351 Å². The normalized spacial score (nSPS) is 13.7. The molecule has 0 aromatic rings. The van der Waals surface area contributed by atoms with Gasteiger partial charge >= 0.3 is 19.8 Å². The standard InChI is InChI=1S/C47H90NO8P/c1-6-8-10-12-14-16-18-20-22-23-24-25-26-28-30-32-34-36-38-40-47(50)56-45(44-55-57(51,52)54-42-41-48(3,4)5)43-53-46(49)39-37-35-33-31-29-27-21-19-17-15-13-11-9-7-2/h19,21,23-24,45H,6-18,20,22,25-44H2,1-5H3/p+1/b21-19-,24-23-/t45-/m1/s1. The number of quaternary nitrogens is 1. The van der Waals surface area contributed by atoms with Crippen molar-refractivity contribution in [1.82, 2.24) is 0 Å². The number of hydrogen-bond donors (Lipinski definition) is 1. The van der Waals surface area contributed by atoms with Crippen LogP contribution in [0, 0.1) is 0 Å². The first kappa shape index (κ1) is 55.5. The molecule has 57 heavy (non-hydrogen) atoms. The molecule has 0 radical (unpaired) electrons. The van der Waals surface area contributed by atoms with Gasteiger partial charge in [-0.05, 0) is 64.2 Å². The van der Waals surface area contributed by atoms with Crippen LogP contribution in [0.3, 0.4) is 0 Å². The lowest BCUT2D eigenvalue weighted by Gasteiger charge is -2.24. The number of nitrogens with zero attached hydrogens (tertiary/aromatic N) is 1. The number of rotatable bonds is 43. The molecule has 0 heterocycles. The number of carbonyl (C=O) groups excluding carboxylic acids is 2. The van der Waals surface area contributed by atoms with Crippen LogP contribution in [0.4, 0.5) is 0 Å². The van der Waals surface area contributed by atoms with Crippen LogP contribution in [-0.4, -0.2) is 74.9 Å². The molecule has 1 N–H and O–H groups in total. The number of phosphoric ester groups is 1. The summed E-state index contributed by atoms with van der Waals surface area (Å²) in [6.45, 7) is 4.42. The highest BCUT2D eigenvalue weighted by Gasteiger charge is 2.27. The second kappa shape index (κ2) is 39.9. The van der Waals surface area contributed by atoms with Crippen LogP contribution < -0.4 is 0 Å². The van der Waals surface area contributed by atoms with Crippen LogP contribution in [0.2, 0.25) is 0 Å². The summed E-state index contributed by atoms with van der Waals surface area (Å²) in [5.74, 6) is -0.807. The van der Waals surface area contributed by atoms with E-state index in [9.17, 15) is 19.0 Å². The molecule has 0 amide bonds. The molecule has 0 aliphatic rings. The number of hydrogen-bond acceptors (Lipinski definition) is 7. The van der Waals surface area contributed by atoms with Crippen molar-refractivity contribution in [2.45, 2.75) is 219 Å². The van der Waals surface area contributed by atoms with Crippen LogP contribution in [-0.2, 0) is 32.7 Å². The molecule has 0 aromatic heterocycles. The van der Waals surface area contributed by atoms with Gasteiger partial charge < -0.3 is 18.9 Å². The number of allylic oxidation sites excluding steroid dienone is 4. The van der Waals surface area contributed by atoms with Crippen molar-refractivity contribution in [1.29, 1.82) is 0 Å². The number of likely N-dealkylation sites (N-methyl/N-ethyl adjacent to an activating group) is 1. The molecule has 0 aliphatic heterocycles. The Hall–Kier alpha value is -1.51. The third-order valence-corrected chi connectivity index (χ3v) is 11.2. The quantitative estimate of drug-likeness (QED) is 0.0213. The van der Waals surface area contributed by atoms with Gasteiger partial charge in [0.1, 0.15) is 19.8 Å². The summed E-state index contributed by atoms with van der Waals surface area (Å²) in [6.07, 6.45) is 43.6. The molecule has 0 aliphatic carbocycles. The monoisotopic (exact) mass is 829 g/mol. The number of esters is 2. The fourth-order valence-corrected chi connectivity index (χ4v) is 7.22. The molecular weight excluding hydrogens is 737 g/mol. The highest BCUT2D eigenvalue weighted by atomic mass is 31.2. The molecule has 0 saturated heterocycles. The van der Waals surface area contributed by atoms with Gasteiger partial charge in [-0.3, -0.25) is 18.6 Å². The van der Waals surface area contributed by atoms with Crippen molar-refractivity contribution >= 4 is 19.8 Å². The lowest BCUT2D eigenvalue weighted by atomic mass is 10.1. The van der Waals surface area contributed by atoms with Gasteiger partial charge in [-0.15, -0.1) is 0 Å². The minimum atomic E-state index is -4.38. The van der Waals surface area contributed by atoms with E-state index >= 15 is 0 Å². The maximum atomic E-state index is 12.7. The Balaban J connectivity index is 4.31. The largest absolute Gasteiger partial charge is 0.472 e.